The first kappa shape index (κ1) is 20.9. The number of anilines is 2. The highest BCUT2D eigenvalue weighted by Gasteiger charge is 2.17. The summed E-state index contributed by atoms with van der Waals surface area (Å²) in [5.41, 5.74) is 2.17. The highest BCUT2D eigenvalue weighted by molar-refractivity contribution is 6.07. The molecule has 2 amide bonds. The minimum atomic E-state index is -0.726. The second kappa shape index (κ2) is 9.56. The summed E-state index contributed by atoms with van der Waals surface area (Å²) in [4.78, 5) is 36.7. The predicted molar refractivity (Wildman–Crippen MR) is 113 cm³/mol. The summed E-state index contributed by atoms with van der Waals surface area (Å²) >= 11 is 0. The van der Waals surface area contributed by atoms with E-state index in [-0.39, 0.29) is 17.0 Å². The molecule has 0 aliphatic carbocycles. The average Bonchev–Trinajstić information content (AvgIpc) is 3.28. The molecule has 1 heterocycles. The largest absolute Gasteiger partial charge is 0.459 e. The number of benzene rings is 2. The van der Waals surface area contributed by atoms with Crippen molar-refractivity contribution >= 4 is 29.2 Å². The molecule has 0 atom stereocenters. The summed E-state index contributed by atoms with van der Waals surface area (Å²) in [5, 5.41) is 5.28. The minimum Gasteiger partial charge on any atom is -0.459 e. The van der Waals surface area contributed by atoms with Crippen molar-refractivity contribution in [1.82, 2.24) is 0 Å². The highest BCUT2D eigenvalue weighted by atomic mass is 16.5. The Hall–Kier alpha value is -3.87. The second-order valence-electron chi connectivity index (χ2n) is 6.88. The molecule has 0 fully saturated rings. The number of amides is 2. The van der Waals surface area contributed by atoms with Gasteiger partial charge in [-0.2, -0.15) is 0 Å². The van der Waals surface area contributed by atoms with Crippen molar-refractivity contribution in [3.63, 3.8) is 0 Å². The number of carbonyl (C=O) groups excluding carboxylic acids is 3. The first-order valence-corrected chi connectivity index (χ1v) is 9.45. The smallest absolute Gasteiger partial charge is 0.340 e. The van der Waals surface area contributed by atoms with E-state index in [1.165, 1.54) is 18.4 Å². The lowest BCUT2D eigenvalue weighted by Crippen LogP contribution is -2.22. The molecule has 2 aromatic carbocycles. The Morgan fingerprint density at radius 1 is 0.933 bits per heavy atom. The van der Waals surface area contributed by atoms with Gasteiger partial charge in [0.25, 0.3) is 11.8 Å². The van der Waals surface area contributed by atoms with Gasteiger partial charge in [-0.05, 0) is 47.9 Å². The van der Waals surface area contributed by atoms with Gasteiger partial charge < -0.3 is 19.8 Å². The molecule has 7 nitrogen and oxygen atoms in total. The van der Waals surface area contributed by atoms with E-state index in [1.54, 1.807) is 36.4 Å². The number of furan rings is 1. The molecule has 154 valence electrons. The number of ether oxygens (including phenoxy) is 1. The lowest BCUT2D eigenvalue weighted by atomic mass is 10.0. The number of hydrogen-bond donors (Lipinski definition) is 2. The maximum atomic E-state index is 12.4. The van der Waals surface area contributed by atoms with Gasteiger partial charge in [-0.1, -0.05) is 38.1 Å². The molecule has 0 radical (unpaired) electrons. The molecule has 7 heteroatoms. The summed E-state index contributed by atoms with van der Waals surface area (Å²) in [6, 6.07) is 16.9. The fraction of sp³-hybridized carbons (Fsp3) is 0.174. The predicted octanol–water partition coefficient (Wildman–Crippen LogP) is 4.45. The van der Waals surface area contributed by atoms with Crippen LogP contribution in [0.15, 0.2) is 71.3 Å². The second-order valence-corrected chi connectivity index (χ2v) is 6.88. The monoisotopic (exact) mass is 406 g/mol. The molecule has 3 aromatic rings. The normalized spacial score (nSPS) is 10.5. The first-order valence-electron chi connectivity index (χ1n) is 9.45. The summed E-state index contributed by atoms with van der Waals surface area (Å²) < 4.78 is 10.2. The number of nitrogens with one attached hydrogen (secondary N) is 2. The number of hydrogen-bond acceptors (Lipinski definition) is 5. The van der Waals surface area contributed by atoms with Gasteiger partial charge in [-0.3, -0.25) is 9.59 Å². The van der Waals surface area contributed by atoms with Crippen molar-refractivity contribution in [3.8, 4) is 0 Å². The van der Waals surface area contributed by atoms with E-state index in [1.807, 2.05) is 12.1 Å². The maximum Gasteiger partial charge on any atom is 0.340 e. The van der Waals surface area contributed by atoms with E-state index in [0.29, 0.717) is 11.6 Å². The van der Waals surface area contributed by atoms with E-state index in [2.05, 4.69) is 24.5 Å². The van der Waals surface area contributed by atoms with E-state index < -0.39 is 24.4 Å². The standard InChI is InChI=1S/C23H22N2O5/c1-15(2)16-9-11-17(12-10-16)24-21(26)14-30-23(28)18-6-3-4-7-19(18)25-22(27)20-8-5-13-29-20/h3-13,15H,14H2,1-2H3,(H,24,26)(H,25,27). The van der Waals surface area contributed by atoms with Gasteiger partial charge in [0.1, 0.15) is 0 Å². The Kier molecular flexibility index (Phi) is 6.64. The van der Waals surface area contributed by atoms with Gasteiger partial charge in [-0.15, -0.1) is 0 Å². The van der Waals surface area contributed by atoms with Crippen molar-refractivity contribution in [3.05, 3.63) is 83.8 Å². The molecule has 0 unspecified atom stereocenters. The average molecular weight is 406 g/mol. The first-order chi connectivity index (χ1) is 14.4. The van der Waals surface area contributed by atoms with Crippen LogP contribution in [0.25, 0.3) is 0 Å². The van der Waals surface area contributed by atoms with Gasteiger partial charge in [-0.25, -0.2) is 4.79 Å². The SMILES string of the molecule is CC(C)c1ccc(NC(=O)COC(=O)c2ccccc2NC(=O)c2ccco2)cc1. The lowest BCUT2D eigenvalue weighted by Gasteiger charge is -2.11. The molecule has 1 aromatic heterocycles. The van der Waals surface area contributed by atoms with Crippen LogP contribution in [-0.2, 0) is 9.53 Å². The number of rotatable bonds is 7. The van der Waals surface area contributed by atoms with Crippen molar-refractivity contribution in [2.45, 2.75) is 19.8 Å². The fourth-order valence-corrected chi connectivity index (χ4v) is 2.72. The van der Waals surface area contributed by atoms with E-state index in [9.17, 15) is 14.4 Å². The molecule has 30 heavy (non-hydrogen) atoms. The Labute approximate surface area is 174 Å². The molecule has 0 aliphatic rings. The molecule has 0 saturated carbocycles. The quantitative estimate of drug-likeness (QED) is 0.565. The van der Waals surface area contributed by atoms with Crippen LogP contribution in [0.4, 0.5) is 11.4 Å². The zero-order valence-corrected chi connectivity index (χ0v) is 16.7. The van der Waals surface area contributed by atoms with E-state index in [4.69, 9.17) is 9.15 Å². The third-order valence-corrected chi connectivity index (χ3v) is 4.34. The number of esters is 1. The Morgan fingerprint density at radius 3 is 2.33 bits per heavy atom. The maximum absolute atomic E-state index is 12.4. The van der Waals surface area contributed by atoms with Gasteiger partial charge in [0, 0.05) is 5.69 Å². The van der Waals surface area contributed by atoms with E-state index in [0.717, 1.165) is 5.56 Å². The fourth-order valence-electron chi connectivity index (χ4n) is 2.72. The third kappa shape index (κ3) is 5.35. The van der Waals surface area contributed by atoms with Crippen LogP contribution in [0.5, 0.6) is 0 Å². The van der Waals surface area contributed by atoms with Crippen LogP contribution < -0.4 is 10.6 Å². The summed E-state index contributed by atoms with van der Waals surface area (Å²) in [6.45, 7) is 3.72. The molecular formula is C23H22N2O5. The van der Waals surface area contributed by atoms with Crippen LogP contribution in [0, 0.1) is 0 Å². The van der Waals surface area contributed by atoms with Crippen molar-refractivity contribution in [1.29, 1.82) is 0 Å². The molecular weight excluding hydrogens is 384 g/mol. The Balaban J connectivity index is 1.58. The van der Waals surface area contributed by atoms with Crippen molar-refractivity contribution < 1.29 is 23.5 Å². The lowest BCUT2D eigenvalue weighted by molar-refractivity contribution is -0.119. The molecule has 0 spiro atoms. The molecule has 0 bridgehead atoms. The van der Waals surface area contributed by atoms with Crippen molar-refractivity contribution in [2.75, 3.05) is 17.2 Å². The Bertz CT molecular complexity index is 1020. The van der Waals surface area contributed by atoms with Crippen LogP contribution in [0.2, 0.25) is 0 Å². The minimum absolute atomic E-state index is 0.112. The zero-order valence-electron chi connectivity index (χ0n) is 16.7. The molecule has 2 N–H and O–H groups in total. The molecule has 0 saturated heterocycles. The zero-order chi connectivity index (χ0) is 21.5. The van der Waals surface area contributed by atoms with Gasteiger partial charge in [0.15, 0.2) is 12.4 Å². The van der Waals surface area contributed by atoms with E-state index >= 15 is 0 Å². The molecule has 3 rings (SSSR count). The van der Waals surface area contributed by atoms with Crippen LogP contribution >= 0.6 is 0 Å². The van der Waals surface area contributed by atoms with Gasteiger partial charge in [0.2, 0.25) is 0 Å². The topological polar surface area (TPSA) is 97.6 Å². The number of carbonyl (C=O) groups is 3. The van der Waals surface area contributed by atoms with Crippen LogP contribution in [0.1, 0.15) is 46.2 Å². The van der Waals surface area contributed by atoms with Crippen LogP contribution in [0.3, 0.4) is 0 Å². The third-order valence-electron chi connectivity index (χ3n) is 4.34. The van der Waals surface area contributed by atoms with Crippen molar-refractivity contribution in [2.24, 2.45) is 0 Å². The summed E-state index contributed by atoms with van der Waals surface area (Å²) in [6.07, 6.45) is 1.38. The van der Waals surface area contributed by atoms with Gasteiger partial charge in [0.05, 0.1) is 17.5 Å². The summed E-state index contributed by atoms with van der Waals surface area (Å²) in [7, 11) is 0. The molecule has 0 aliphatic heterocycles. The summed E-state index contributed by atoms with van der Waals surface area (Å²) in [5.74, 6) is -1.18. The van der Waals surface area contributed by atoms with Gasteiger partial charge >= 0.3 is 5.97 Å². The Morgan fingerprint density at radius 2 is 1.67 bits per heavy atom. The highest BCUT2D eigenvalue weighted by Crippen LogP contribution is 2.19. The van der Waals surface area contributed by atoms with Crippen LogP contribution in [-0.4, -0.2) is 24.4 Å². The number of para-hydroxylation sites is 1.